The fourth-order valence-electron chi connectivity index (χ4n) is 4.19. The van der Waals surface area contributed by atoms with Crippen molar-refractivity contribution in [1.82, 2.24) is 0 Å². The monoisotopic (exact) mass is 458 g/mol. The van der Waals surface area contributed by atoms with Crippen LogP contribution in [0.15, 0.2) is 48.5 Å². The zero-order valence-electron chi connectivity index (χ0n) is 19.3. The molecule has 2 aromatic rings. The Kier molecular flexibility index (Phi) is 6.87. The fourth-order valence-corrected chi connectivity index (χ4v) is 4.19. The number of hydrogen-bond acceptors (Lipinski definition) is 6. The molecule has 0 saturated heterocycles. The van der Waals surface area contributed by atoms with Crippen molar-refractivity contribution in [2.75, 3.05) is 0 Å². The van der Waals surface area contributed by atoms with Crippen molar-refractivity contribution in [3.8, 4) is 0 Å². The summed E-state index contributed by atoms with van der Waals surface area (Å²) < 4.78 is 11.1. The van der Waals surface area contributed by atoms with E-state index in [0.717, 1.165) is 12.8 Å². The molecule has 2 aliphatic rings. The van der Waals surface area contributed by atoms with Crippen LogP contribution in [0, 0.1) is 0 Å². The number of ether oxygens (including phenoxy) is 2. The van der Waals surface area contributed by atoms with Crippen molar-refractivity contribution >= 4 is 46.2 Å². The van der Waals surface area contributed by atoms with E-state index < -0.39 is 23.5 Å². The molecule has 6 nitrogen and oxygen atoms in total. The van der Waals surface area contributed by atoms with Gasteiger partial charge in [-0.1, -0.05) is 75.2 Å². The summed E-state index contributed by atoms with van der Waals surface area (Å²) in [6, 6.07) is 13.6. The van der Waals surface area contributed by atoms with Gasteiger partial charge in [0, 0.05) is 34.4 Å². The summed E-state index contributed by atoms with van der Waals surface area (Å²) in [5.74, 6) is -2.21. The van der Waals surface area contributed by atoms with Gasteiger partial charge in [0.15, 0.2) is 11.5 Å². The van der Waals surface area contributed by atoms with E-state index in [4.69, 9.17) is 9.47 Å². The highest BCUT2D eigenvalue weighted by molar-refractivity contribution is 6.58. The summed E-state index contributed by atoms with van der Waals surface area (Å²) in [6.07, 6.45) is 3.34. The van der Waals surface area contributed by atoms with Crippen LogP contribution < -0.4 is 20.9 Å². The first kappa shape index (κ1) is 23.4. The minimum Gasteiger partial charge on any atom is -0.422 e. The molecule has 2 aromatic carbocycles. The standard InChI is InChI=1S/C28H26O6/c1-3-5-15-21(29)33-27-19-13-9-7-11-17(19)24-23(25(27)31)18-12-8-10-14-20(18)28(26(24)32)34-22(30)16-6-4-2/h7-14H,3-6,15-16H2,1-2H3. The number of fused-ring (bicyclic) bond motifs is 3. The molecule has 6 heteroatoms. The molecular weight excluding hydrogens is 432 g/mol. The molecule has 34 heavy (non-hydrogen) atoms. The van der Waals surface area contributed by atoms with Crippen LogP contribution in [0.5, 0.6) is 0 Å². The van der Waals surface area contributed by atoms with Crippen LogP contribution in [-0.2, 0) is 28.7 Å². The van der Waals surface area contributed by atoms with Gasteiger partial charge in [0.25, 0.3) is 0 Å². The van der Waals surface area contributed by atoms with E-state index >= 15 is 0 Å². The van der Waals surface area contributed by atoms with Crippen LogP contribution in [-0.4, -0.2) is 23.5 Å². The van der Waals surface area contributed by atoms with E-state index in [2.05, 4.69) is 0 Å². The molecule has 0 bridgehead atoms. The van der Waals surface area contributed by atoms with Crippen molar-refractivity contribution in [1.29, 1.82) is 0 Å². The van der Waals surface area contributed by atoms with Gasteiger partial charge in [0.2, 0.25) is 11.6 Å². The molecule has 0 aromatic heterocycles. The van der Waals surface area contributed by atoms with Crippen LogP contribution >= 0.6 is 0 Å². The van der Waals surface area contributed by atoms with E-state index in [0.29, 0.717) is 33.7 Å². The Hall–Kier alpha value is -3.80. The van der Waals surface area contributed by atoms with E-state index in [1.807, 2.05) is 13.8 Å². The summed E-state index contributed by atoms with van der Waals surface area (Å²) in [5, 5.41) is 1.69. The quantitative estimate of drug-likeness (QED) is 0.558. The third kappa shape index (κ3) is 4.23. The number of Topliss-reactive ketones (excluding diaryl/α,β-unsaturated/α-hetero) is 2. The number of esters is 2. The van der Waals surface area contributed by atoms with Crippen LogP contribution in [0.2, 0.25) is 0 Å². The molecule has 0 saturated carbocycles. The van der Waals surface area contributed by atoms with Crippen molar-refractivity contribution in [2.24, 2.45) is 0 Å². The number of carbonyl (C=O) groups excluding carboxylic acids is 4. The minimum absolute atomic E-state index is 0.0820. The first-order chi connectivity index (χ1) is 16.5. The van der Waals surface area contributed by atoms with E-state index in [9.17, 15) is 19.2 Å². The molecule has 0 unspecified atom stereocenters. The molecule has 0 N–H and O–H groups in total. The summed E-state index contributed by atoms with van der Waals surface area (Å²) >= 11 is 0. The largest absolute Gasteiger partial charge is 0.422 e. The number of unbranched alkanes of at least 4 members (excludes halogenated alkanes) is 2. The highest BCUT2D eigenvalue weighted by atomic mass is 16.5. The second-order valence-electron chi connectivity index (χ2n) is 8.31. The maximum Gasteiger partial charge on any atom is 0.311 e. The Labute approximate surface area is 196 Å². The predicted molar refractivity (Wildman–Crippen MR) is 126 cm³/mol. The van der Waals surface area contributed by atoms with Crippen LogP contribution in [0.4, 0.5) is 0 Å². The van der Waals surface area contributed by atoms with Crippen LogP contribution in [0.3, 0.4) is 0 Å². The van der Waals surface area contributed by atoms with Gasteiger partial charge in [-0.2, -0.15) is 0 Å². The van der Waals surface area contributed by atoms with Gasteiger partial charge in [-0.05, 0) is 23.3 Å². The van der Waals surface area contributed by atoms with Gasteiger partial charge in [-0.15, -0.1) is 0 Å². The maximum absolute atomic E-state index is 13.7. The molecule has 0 radical (unpaired) electrons. The van der Waals surface area contributed by atoms with Gasteiger partial charge >= 0.3 is 11.9 Å². The normalized spacial score (nSPS) is 14.4. The van der Waals surface area contributed by atoms with Crippen molar-refractivity contribution in [3.63, 3.8) is 0 Å². The number of rotatable bonds is 8. The number of carbonyl (C=O) groups is 4. The van der Waals surface area contributed by atoms with Crippen LogP contribution in [0.25, 0.3) is 22.7 Å². The highest BCUT2D eigenvalue weighted by Crippen LogP contribution is 2.26. The first-order valence-electron chi connectivity index (χ1n) is 11.7. The number of benzene rings is 2. The molecule has 2 aliphatic carbocycles. The molecule has 0 fully saturated rings. The lowest BCUT2D eigenvalue weighted by Crippen LogP contribution is -2.47. The topological polar surface area (TPSA) is 86.7 Å². The van der Waals surface area contributed by atoms with Crippen molar-refractivity contribution < 1.29 is 28.7 Å². The zero-order chi connectivity index (χ0) is 24.2. The fraction of sp³-hybridized carbons (Fsp3) is 0.286. The summed E-state index contributed by atoms with van der Waals surface area (Å²) in [4.78, 5) is 52.2. The Balaban J connectivity index is 1.97. The lowest BCUT2D eigenvalue weighted by molar-refractivity contribution is -0.139. The average molecular weight is 459 g/mol. The van der Waals surface area contributed by atoms with Gasteiger partial charge in [-0.3, -0.25) is 19.2 Å². The molecule has 174 valence electrons. The predicted octanol–water partition coefficient (Wildman–Crippen LogP) is 1.54. The summed E-state index contributed by atoms with van der Waals surface area (Å²) in [6.45, 7) is 3.93. The van der Waals surface area contributed by atoms with Crippen molar-refractivity contribution in [2.45, 2.75) is 52.4 Å². The lowest BCUT2D eigenvalue weighted by atomic mass is 9.83. The number of hydrogen-bond donors (Lipinski definition) is 0. The van der Waals surface area contributed by atoms with Crippen LogP contribution in [0.1, 0.15) is 52.4 Å². The molecule has 0 heterocycles. The van der Waals surface area contributed by atoms with E-state index in [-0.39, 0.29) is 35.5 Å². The van der Waals surface area contributed by atoms with Gasteiger partial charge in [0.05, 0.1) is 0 Å². The summed E-state index contributed by atoms with van der Waals surface area (Å²) in [7, 11) is 0. The summed E-state index contributed by atoms with van der Waals surface area (Å²) in [5.41, 5.74) is 0.317. The Morgan fingerprint density at radius 1 is 0.618 bits per heavy atom. The molecule has 0 aliphatic heterocycles. The molecule has 4 rings (SSSR count). The second-order valence-corrected chi connectivity index (χ2v) is 8.31. The zero-order valence-corrected chi connectivity index (χ0v) is 19.3. The Bertz CT molecular complexity index is 1330. The Morgan fingerprint density at radius 2 is 0.971 bits per heavy atom. The highest BCUT2D eigenvalue weighted by Gasteiger charge is 2.37. The first-order valence-corrected chi connectivity index (χ1v) is 11.7. The SMILES string of the molecule is CCCCC(=O)OC1=c2ccccc2=C2C(=O)C(OC(=O)CCCC)=c3ccccc3=C2C1=O. The molecular formula is C28H26O6. The van der Waals surface area contributed by atoms with Gasteiger partial charge < -0.3 is 9.47 Å². The van der Waals surface area contributed by atoms with Gasteiger partial charge in [0.1, 0.15) is 0 Å². The van der Waals surface area contributed by atoms with Crippen molar-refractivity contribution in [3.05, 3.63) is 69.4 Å². The average Bonchev–Trinajstić information content (AvgIpc) is 2.85. The van der Waals surface area contributed by atoms with E-state index in [1.54, 1.807) is 48.5 Å². The smallest absolute Gasteiger partial charge is 0.311 e. The molecule has 0 atom stereocenters. The number of ketones is 2. The molecule has 0 amide bonds. The van der Waals surface area contributed by atoms with E-state index in [1.165, 1.54) is 0 Å². The second kappa shape index (κ2) is 10.00. The third-order valence-electron chi connectivity index (χ3n) is 5.90. The maximum atomic E-state index is 13.7. The minimum atomic E-state index is -0.532. The lowest BCUT2D eigenvalue weighted by Gasteiger charge is -2.22. The third-order valence-corrected chi connectivity index (χ3v) is 5.90. The molecule has 0 spiro atoms. The van der Waals surface area contributed by atoms with Gasteiger partial charge in [-0.25, -0.2) is 0 Å². The Morgan fingerprint density at radius 3 is 1.32 bits per heavy atom.